The minimum Gasteiger partial charge on any atom is -0.354 e. The molecule has 0 bridgehead atoms. The van der Waals surface area contributed by atoms with Gasteiger partial charge >= 0.3 is 0 Å². The van der Waals surface area contributed by atoms with Gasteiger partial charge in [-0.25, -0.2) is 4.98 Å². The van der Waals surface area contributed by atoms with Crippen molar-refractivity contribution in [2.24, 2.45) is 5.73 Å². The van der Waals surface area contributed by atoms with Crippen LogP contribution in [-0.2, 0) is 11.3 Å². The highest BCUT2D eigenvalue weighted by Gasteiger charge is 2.23. The zero-order valence-corrected chi connectivity index (χ0v) is 15.6. The number of likely N-dealkylation sites (tertiary alicyclic amines) is 1. The number of carbonyl (C=O) groups is 1. The second-order valence-corrected chi connectivity index (χ2v) is 6.64. The van der Waals surface area contributed by atoms with Gasteiger partial charge in [0.1, 0.15) is 5.65 Å². The quantitative estimate of drug-likeness (QED) is 0.819. The molecule has 3 N–H and O–H groups in total. The normalized spacial score (nSPS) is 18.1. The lowest BCUT2D eigenvalue weighted by atomic mass is 10.0. The molecule has 1 unspecified atom stereocenters. The van der Waals surface area contributed by atoms with E-state index in [0.717, 1.165) is 25.2 Å². The molecular weight excluding hydrogens is 338 g/mol. The number of imidazole rings is 1. The first kappa shape index (κ1) is 19.7. The van der Waals surface area contributed by atoms with Crippen molar-refractivity contribution in [3.63, 3.8) is 0 Å². The number of aryl methyl sites for hydroxylation is 1. The number of nitrogens with two attached hydrogens (primary N) is 1. The average Bonchev–Trinajstić information content (AvgIpc) is 2.96. The summed E-state index contributed by atoms with van der Waals surface area (Å²) in [6, 6.07) is 4.60. The van der Waals surface area contributed by atoms with Crippen molar-refractivity contribution in [1.82, 2.24) is 19.6 Å². The Bertz CT molecular complexity index is 702. The van der Waals surface area contributed by atoms with Crippen molar-refractivity contribution in [2.75, 3.05) is 19.6 Å². The predicted octanol–water partition coefficient (Wildman–Crippen LogP) is 1.88. The lowest BCUT2D eigenvalue weighted by molar-refractivity contribution is -0.121. The number of rotatable bonds is 6. The monoisotopic (exact) mass is 365 g/mol. The van der Waals surface area contributed by atoms with Crippen LogP contribution < -0.4 is 11.1 Å². The van der Waals surface area contributed by atoms with E-state index in [-0.39, 0.29) is 18.3 Å². The number of nitrogens with one attached hydrogen (secondary N) is 1. The van der Waals surface area contributed by atoms with Crippen LogP contribution >= 0.6 is 12.4 Å². The average molecular weight is 366 g/mol. The first-order chi connectivity index (χ1) is 11.7. The minimum absolute atomic E-state index is 0. The molecule has 2 aromatic heterocycles. The molecular formula is C18H28ClN5O. The van der Waals surface area contributed by atoms with Crippen molar-refractivity contribution in [1.29, 1.82) is 0 Å². The zero-order valence-electron chi connectivity index (χ0n) is 14.8. The standard InChI is InChI=1S/C18H27N5O.ClH/c1-14-6-9-23-16(12-20-17(23)10-14)13-22-8-3-2-4-15(22)11-21-18(24)5-7-19;/h6,9-10,12,15H,2-5,7-8,11,13,19H2,1H3,(H,21,24);1H. The molecule has 3 heterocycles. The van der Waals surface area contributed by atoms with E-state index in [1.54, 1.807) is 0 Å². The minimum atomic E-state index is 0. The molecule has 138 valence electrons. The van der Waals surface area contributed by atoms with Gasteiger partial charge < -0.3 is 15.5 Å². The van der Waals surface area contributed by atoms with E-state index in [0.29, 0.717) is 25.6 Å². The summed E-state index contributed by atoms with van der Waals surface area (Å²) < 4.78 is 2.16. The van der Waals surface area contributed by atoms with Crippen molar-refractivity contribution >= 4 is 24.0 Å². The first-order valence-corrected chi connectivity index (χ1v) is 8.81. The highest BCUT2D eigenvalue weighted by molar-refractivity contribution is 5.85. The topological polar surface area (TPSA) is 75.7 Å². The van der Waals surface area contributed by atoms with Crippen LogP contribution in [0.3, 0.4) is 0 Å². The van der Waals surface area contributed by atoms with Crippen LogP contribution in [0.15, 0.2) is 24.5 Å². The summed E-state index contributed by atoms with van der Waals surface area (Å²) in [5, 5.41) is 3.02. The Morgan fingerprint density at radius 1 is 1.44 bits per heavy atom. The number of nitrogens with zero attached hydrogens (tertiary/aromatic N) is 3. The number of hydrogen-bond acceptors (Lipinski definition) is 4. The molecule has 1 amide bonds. The smallest absolute Gasteiger partial charge is 0.221 e. The first-order valence-electron chi connectivity index (χ1n) is 8.81. The van der Waals surface area contributed by atoms with Crippen LogP contribution in [0, 0.1) is 6.92 Å². The zero-order chi connectivity index (χ0) is 16.9. The third-order valence-corrected chi connectivity index (χ3v) is 4.77. The van der Waals surface area contributed by atoms with Crippen molar-refractivity contribution in [3.05, 3.63) is 35.8 Å². The van der Waals surface area contributed by atoms with Crippen molar-refractivity contribution in [2.45, 2.75) is 45.2 Å². The Morgan fingerprint density at radius 2 is 2.28 bits per heavy atom. The maximum atomic E-state index is 11.7. The van der Waals surface area contributed by atoms with Gasteiger partial charge in [-0.15, -0.1) is 12.4 Å². The summed E-state index contributed by atoms with van der Waals surface area (Å²) in [7, 11) is 0. The Labute approximate surface area is 155 Å². The third kappa shape index (κ3) is 4.93. The van der Waals surface area contributed by atoms with Gasteiger partial charge in [0.15, 0.2) is 0 Å². The lowest BCUT2D eigenvalue weighted by Crippen LogP contribution is -2.46. The van der Waals surface area contributed by atoms with E-state index in [1.807, 2.05) is 6.20 Å². The highest BCUT2D eigenvalue weighted by Crippen LogP contribution is 2.20. The number of fused-ring (bicyclic) bond motifs is 1. The summed E-state index contributed by atoms with van der Waals surface area (Å²) in [6.07, 6.45) is 8.02. The molecule has 1 aliphatic rings. The Morgan fingerprint density at radius 3 is 3.08 bits per heavy atom. The fraction of sp³-hybridized carbons (Fsp3) is 0.556. The molecule has 1 saturated heterocycles. The number of hydrogen-bond donors (Lipinski definition) is 2. The van der Waals surface area contributed by atoms with Gasteiger partial charge in [-0.2, -0.15) is 0 Å². The number of piperidine rings is 1. The molecule has 1 aliphatic heterocycles. The summed E-state index contributed by atoms with van der Waals surface area (Å²) in [5.41, 5.74) is 8.85. The highest BCUT2D eigenvalue weighted by atomic mass is 35.5. The lowest BCUT2D eigenvalue weighted by Gasteiger charge is -2.35. The van der Waals surface area contributed by atoms with E-state index >= 15 is 0 Å². The molecule has 3 rings (SSSR count). The fourth-order valence-corrected chi connectivity index (χ4v) is 3.41. The number of aromatic nitrogens is 2. The number of carbonyl (C=O) groups excluding carboxylic acids is 1. The molecule has 0 saturated carbocycles. The van der Waals surface area contributed by atoms with Gasteiger partial charge in [-0.05, 0) is 44.0 Å². The van der Waals surface area contributed by atoms with Gasteiger partial charge in [0.25, 0.3) is 0 Å². The molecule has 0 radical (unpaired) electrons. The van der Waals surface area contributed by atoms with Crippen LogP contribution in [0.25, 0.3) is 5.65 Å². The van der Waals surface area contributed by atoms with Gasteiger partial charge in [0, 0.05) is 38.3 Å². The molecule has 2 aromatic rings. The molecule has 1 fully saturated rings. The van der Waals surface area contributed by atoms with Gasteiger partial charge in [-0.3, -0.25) is 9.69 Å². The second kappa shape index (κ2) is 9.17. The Balaban J connectivity index is 0.00000225. The number of amides is 1. The summed E-state index contributed by atoms with van der Waals surface area (Å²) >= 11 is 0. The van der Waals surface area contributed by atoms with Crippen LogP contribution in [0.5, 0.6) is 0 Å². The second-order valence-electron chi connectivity index (χ2n) is 6.64. The van der Waals surface area contributed by atoms with Crippen LogP contribution in [-0.4, -0.2) is 45.9 Å². The van der Waals surface area contributed by atoms with Crippen molar-refractivity contribution < 1.29 is 4.79 Å². The number of pyridine rings is 1. The summed E-state index contributed by atoms with van der Waals surface area (Å²) in [6.45, 7) is 5.12. The Kier molecular flexibility index (Phi) is 7.23. The van der Waals surface area contributed by atoms with Crippen LogP contribution in [0.2, 0.25) is 0 Å². The van der Waals surface area contributed by atoms with E-state index in [9.17, 15) is 4.79 Å². The molecule has 0 aromatic carbocycles. The molecule has 7 heteroatoms. The van der Waals surface area contributed by atoms with E-state index in [2.05, 4.69) is 44.9 Å². The molecule has 1 atom stereocenters. The van der Waals surface area contributed by atoms with E-state index in [4.69, 9.17) is 5.73 Å². The molecule has 0 spiro atoms. The van der Waals surface area contributed by atoms with Gasteiger partial charge in [0.05, 0.1) is 11.9 Å². The van der Waals surface area contributed by atoms with E-state index < -0.39 is 0 Å². The fourth-order valence-electron chi connectivity index (χ4n) is 3.41. The summed E-state index contributed by atoms with van der Waals surface area (Å²) in [4.78, 5) is 18.7. The van der Waals surface area contributed by atoms with E-state index in [1.165, 1.54) is 24.1 Å². The van der Waals surface area contributed by atoms with Crippen LogP contribution in [0.4, 0.5) is 0 Å². The van der Waals surface area contributed by atoms with Gasteiger partial charge in [-0.1, -0.05) is 6.42 Å². The predicted molar refractivity (Wildman–Crippen MR) is 102 cm³/mol. The Hall–Kier alpha value is -1.63. The maximum Gasteiger partial charge on any atom is 0.221 e. The van der Waals surface area contributed by atoms with Crippen molar-refractivity contribution in [3.8, 4) is 0 Å². The largest absolute Gasteiger partial charge is 0.354 e. The third-order valence-electron chi connectivity index (χ3n) is 4.77. The summed E-state index contributed by atoms with van der Waals surface area (Å²) in [5.74, 6) is 0.0494. The van der Waals surface area contributed by atoms with Gasteiger partial charge in [0.2, 0.25) is 5.91 Å². The molecule has 0 aliphatic carbocycles. The maximum absolute atomic E-state index is 11.7. The SMILES string of the molecule is Cc1ccn2c(CN3CCCCC3CNC(=O)CCN)cnc2c1.Cl. The van der Waals surface area contributed by atoms with Crippen LogP contribution in [0.1, 0.15) is 36.9 Å². The number of halogens is 1. The molecule has 6 nitrogen and oxygen atoms in total. The molecule has 25 heavy (non-hydrogen) atoms.